The monoisotopic (exact) mass is 438 g/mol. The SMILES string of the molecule is CC(=O)c1cccc(S(=O)(=O)N(Cc2cc3ccc(C)cc3[nH]c2=O)C2CCCC2)c1. The standard InChI is InChI=1S/C24H26N2O4S/c1-16-10-11-19-13-20(24(28)25-23(19)12-16)15-26(21-7-3-4-8-21)31(29,30)22-9-5-6-18(14-22)17(2)27/h5-6,9-14,21H,3-4,7-8,15H2,1-2H3,(H,25,28). The number of carbonyl (C=O) groups is 1. The van der Waals surface area contributed by atoms with Crippen molar-refractivity contribution >= 4 is 26.7 Å². The molecule has 1 N–H and O–H groups in total. The second kappa shape index (κ2) is 8.40. The molecule has 0 saturated heterocycles. The molecule has 1 aromatic heterocycles. The van der Waals surface area contributed by atoms with Crippen molar-refractivity contribution in [3.05, 3.63) is 75.6 Å². The summed E-state index contributed by atoms with van der Waals surface area (Å²) in [6.07, 6.45) is 3.43. The molecule has 0 bridgehead atoms. The first-order chi connectivity index (χ1) is 14.8. The van der Waals surface area contributed by atoms with Gasteiger partial charge in [0.05, 0.1) is 4.90 Å². The van der Waals surface area contributed by atoms with Crippen molar-refractivity contribution in [3.8, 4) is 0 Å². The average Bonchev–Trinajstić information content (AvgIpc) is 3.26. The zero-order valence-corrected chi connectivity index (χ0v) is 18.5. The van der Waals surface area contributed by atoms with Crippen LogP contribution in [-0.4, -0.2) is 29.5 Å². The number of benzene rings is 2. The number of nitrogens with zero attached hydrogens (tertiary/aromatic N) is 1. The van der Waals surface area contributed by atoms with E-state index < -0.39 is 10.0 Å². The molecule has 1 aliphatic rings. The molecule has 0 radical (unpaired) electrons. The van der Waals surface area contributed by atoms with E-state index in [9.17, 15) is 18.0 Å². The van der Waals surface area contributed by atoms with Crippen molar-refractivity contribution < 1.29 is 13.2 Å². The molecule has 1 fully saturated rings. The minimum Gasteiger partial charge on any atom is -0.322 e. The number of aryl methyl sites for hydroxylation is 1. The van der Waals surface area contributed by atoms with Crippen LogP contribution in [0.2, 0.25) is 0 Å². The van der Waals surface area contributed by atoms with Gasteiger partial charge in [0.2, 0.25) is 10.0 Å². The van der Waals surface area contributed by atoms with E-state index >= 15 is 0 Å². The van der Waals surface area contributed by atoms with Gasteiger partial charge in [-0.1, -0.05) is 37.1 Å². The van der Waals surface area contributed by atoms with Gasteiger partial charge in [-0.25, -0.2) is 8.42 Å². The largest absolute Gasteiger partial charge is 0.322 e. The van der Waals surface area contributed by atoms with Crippen molar-refractivity contribution in [2.75, 3.05) is 0 Å². The first kappa shape index (κ1) is 21.5. The van der Waals surface area contributed by atoms with Crippen LogP contribution in [0.15, 0.2) is 58.2 Å². The Balaban J connectivity index is 1.77. The number of rotatable bonds is 6. The van der Waals surface area contributed by atoms with Gasteiger partial charge in [0.15, 0.2) is 5.78 Å². The zero-order valence-electron chi connectivity index (χ0n) is 17.7. The molecule has 1 saturated carbocycles. The maximum Gasteiger partial charge on any atom is 0.252 e. The van der Waals surface area contributed by atoms with Crippen molar-refractivity contribution in [1.29, 1.82) is 0 Å². The highest BCUT2D eigenvalue weighted by Gasteiger charge is 2.34. The fourth-order valence-corrected chi connectivity index (χ4v) is 5.97. The van der Waals surface area contributed by atoms with Crippen LogP contribution in [0.5, 0.6) is 0 Å². The van der Waals surface area contributed by atoms with Gasteiger partial charge in [-0.15, -0.1) is 0 Å². The lowest BCUT2D eigenvalue weighted by Gasteiger charge is -2.28. The van der Waals surface area contributed by atoms with E-state index in [0.717, 1.165) is 42.1 Å². The number of ketones is 1. The summed E-state index contributed by atoms with van der Waals surface area (Å²) in [5.41, 5.74) is 2.25. The highest BCUT2D eigenvalue weighted by Crippen LogP contribution is 2.30. The van der Waals surface area contributed by atoms with Crippen molar-refractivity contribution in [2.45, 2.75) is 57.0 Å². The predicted octanol–water partition coefficient (Wildman–Crippen LogP) is 4.17. The molecule has 1 heterocycles. The molecule has 2 aromatic carbocycles. The first-order valence-corrected chi connectivity index (χ1v) is 11.9. The fourth-order valence-electron chi connectivity index (χ4n) is 4.26. The van der Waals surface area contributed by atoms with Gasteiger partial charge in [-0.2, -0.15) is 4.31 Å². The number of Topliss-reactive ketones (excluding diaryl/α,β-unsaturated/α-hetero) is 1. The molecule has 162 valence electrons. The van der Waals surface area contributed by atoms with Crippen molar-refractivity contribution in [1.82, 2.24) is 9.29 Å². The number of hydrogen-bond acceptors (Lipinski definition) is 4. The minimum atomic E-state index is -3.89. The van der Waals surface area contributed by atoms with Gasteiger partial charge >= 0.3 is 0 Å². The molecule has 31 heavy (non-hydrogen) atoms. The number of carbonyl (C=O) groups excluding carboxylic acids is 1. The molecule has 3 aromatic rings. The van der Waals surface area contributed by atoms with Crippen LogP contribution in [0.1, 0.15) is 54.1 Å². The summed E-state index contributed by atoms with van der Waals surface area (Å²) in [5, 5.41) is 0.863. The van der Waals surface area contributed by atoms with Gasteiger partial charge < -0.3 is 4.98 Å². The van der Waals surface area contributed by atoms with Gasteiger partial charge in [-0.05, 0) is 61.9 Å². The fraction of sp³-hybridized carbons (Fsp3) is 0.333. The number of hydrogen-bond donors (Lipinski definition) is 1. The summed E-state index contributed by atoms with van der Waals surface area (Å²) in [6, 6.07) is 13.5. The molecule has 0 spiro atoms. The second-order valence-corrected chi connectivity index (χ2v) is 10.2. The molecule has 0 amide bonds. The highest BCUT2D eigenvalue weighted by atomic mass is 32.2. The molecule has 0 atom stereocenters. The van der Waals surface area contributed by atoms with Crippen LogP contribution in [0.3, 0.4) is 0 Å². The Morgan fingerprint density at radius 3 is 2.55 bits per heavy atom. The van der Waals surface area contributed by atoms with E-state index in [1.807, 2.05) is 25.1 Å². The molecule has 1 aliphatic carbocycles. The van der Waals surface area contributed by atoms with E-state index in [-0.39, 0.29) is 28.8 Å². The summed E-state index contributed by atoms with van der Waals surface area (Å²) in [5.74, 6) is -0.189. The molecule has 4 rings (SSSR count). The Kier molecular flexibility index (Phi) is 5.81. The van der Waals surface area contributed by atoms with E-state index in [1.54, 1.807) is 18.2 Å². The third kappa shape index (κ3) is 4.34. The van der Waals surface area contributed by atoms with Crippen LogP contribution < -0.4 is 5.56 Å². The van der Waals surface area contributed by atoms with Crippen LogP contribution >= 0.6 is 0 Å². The van der Waals surface area contributed by atoms with Gasteiger partial charge in [0.1, 0.15) is 0 Å². The average molecular weight is 439 g/mol. The molecule has 0 unspecified atom stereocenters. The number of sulfonamides is 1. The van der Waals surface area contributed by atoms with Gasteiger partial charge in [0, 0.05) is 29.2 Å². The lowest BCUT2D eigenvalue weighted by molar-refractivity contribution is 0.101. The lowest BCUT2D eigenvalue weighted by atomic mass is 10.1. The maximum absolute atomic E-state index is 13.6. The van der Waals surface area contributed by atoms with Crippen molar-refractivity contribution in [3.63, 3.8) is 0 Å². The molecule has 0 aliphatic heterocycles. The van der Waals surface area contributed by atoms with E-state index in [2.05, 4.69) is 4.98 Å². The van der Waals surface area contributed by atoms with Crippen LogP contribution in [-0.2, 0) is 16.6 Å². The van der Waals surface area contributed by atoms with Gasteiger partial charge in [0.25, 0.3) is 5.56 Å². The number of aromatic amines is 1. The molecule has 6 nitrogen and oxygen atoms in total. The maximum atomic E-state index is 13.6. The summed E-state index contributed by atoms with van der Waals surface area (Å²) < 4.78 is 28.7. The number of nitrogens with one attached hydrogen (secondary N) is 1. The smallest absolute Gasteiger partial charge is 0.252 e. The Bertz CT molecular complexity index is 1300. The van der Waals surface area contributed by atoms with Crippen LogP contribution in [0.4, 0.5) is 0 Å². The van der Waals surface area contributed by atoms with Crippen LogP contribution in [0.25, 0.3) is 10.9 Å². The highest BCUT2D eigenvalue weighted by molar-refractivity contribution is 7.89. The minimum absolute atomic E-state index is 0.00352. The predicted molar refractivity (Wildman–Crippen MR) is 121 cm³/mol. The zero-order chi connectivity index (χ0) is 22.2. The number of aromatic nitrogens is 1. The lowest BCUT2D eigenvalue weighted by Crippen LogP contribution is -2.39. The van der Waals surface area contributed by atoms with Gasteiger partial charge in [-0.3, -0.25) is 9.59 Å². The molecular weight excluding hydrogens is 412 g/mol. The number of fused-ring (bicyclic) bond motifs is 1. The third-order valence-corrected chi connectivity index (χ3v) is 7.88. The Hall–Kier alpha value is -2.77. The molecular formula is C24H26N2O4S. The summed E-state index contributed by atoms with van der Waals surface area (Å²) in [7, 11) is -3.89. The Morgan fingerprint density at radius 1 is 1.10 bits per heavy atom. The second-order valence-electron chi connectivity index (χ2n) is 8.29. The quantitative estimate of drug-likeness (QED) is 0.585. The third-order valence-electron chi connectivity index (χ3n) is 5.98. The normalized spacial score (nSPS) is 15.1. The summed E-state index contributed by atoms with van der Waals surface area (Å²) >= 11 is 0. The number of pyridine rings is 1. The summed E-state index contributed by atoms with van der Waals surface area (Å²) in [4.78, 5) is 27.5. The van der Waals surface area contributed by atoms with Crippen molar-refractivity contribution in [2.24, 2.45) is 0 Å². The first-order valence-electron chi connectivity index (χ1n) is 10.5. The van der Waals surface area contributed by atoms with E-state index in [1.165, 1.54) is 23.4 Å². The van der Waals surface area contributed by atoms with E-state index in [0.29, 0.717) is 11.1 Å². The van der Waals surface area contributed by atoms with E-state index in [4.69, 9.17) is 0 Å². The topological polar surface area (TPSA) is 87.3 Å². The van der Waals surface area contributed by atoms with Crippen LogP contribution in [0, 0.1) is 6.92 Å². The Morgan fingerprint density at radius 2 is 1.84 bits per heavy atom. The Labute approximate surface area is 182 Å². The molecule has 7 heteroatoms. The number of H-pyrrole nitrogens is 1. The summed E-state index contributed by atoms with van der Waals surface area (Å²) in [6.45, 7) is 3.36.